The highest BCUT2D eigenvalue weighted by Crippen LogP contribution is 2.52. The maximum Gasteiger partial charge on any atom is 0.225 e. The molecule has 0 spiro atoms. The molecular weight excluding hydrogens is 343 g/mol. The van der Waals surface area contributed by atoms with Crippen LogP contribution in [0.4, 0.5) is 4.39 Å². The predicted molar refractivity (Wildman–Crippen MR) is 102 cm³/mol. The normalized spacial score (nSPS) is 27.0. The molecule has 4 nitrogen and oxygen atoms in total. The van der Waals surface area contributed by atoms with Gasteiger partial charge in [0.05, 0.1) is 12.5 Å². The molecule has 2 aliphatic rings. The molecule has 3 atom stereocenters. The first kappa shape index (κ1) is 18.0. The lowest BCUT2D eigenvalue weighted by atomic mass is 9.69. The number of hydrogen-bond acceptors (Lipinski definition) is 3. The molecular formula is C22H25FN2O2. The first-order chi connectivity index (χ1) is 13.0. The third-order valence-electron chi connectivity index (χ3n) is 6.34. The van der Waals surface area contributed by atoms with E-state index in [1.54, 1.807) is 19.2 Å². The van der Waals surface area contributed by atoms with Crippen molar-refractivity contribution in [1.82, 2.24) is 4.90 Å². The minimum absolute atomic E-state index is 0.0470. The van der Waals surface area contributed by atoms with Crippen LogP contribution in [-0.2, 0) is 17.8 Å². The molecule has 2 saturated heterocycles. The van der Waals surface area contributed by atoms with E-state index in [1.807, 2.05) is 30.3 Å². The molecule has 0 radical (unpaired) electrons. The van der Waals surface area contributed by atoms with Gasteiger partial charge < -0.3 is 10.5 Å². The highest BCUT2D eigenvalue weighted by molar-refractivity contribution is 5.83. The average molecular weight is 368 g/mol. The number of fused-ring (bicyclic) bond motifs is 2. The van der Waals surface area contributed by atoms with E-state index >= 15 is 0 Å². The van der Waals surface area contributed by atoms with Crippen LogP contribution in [0, 0.1) is 11.2 Å². The second kappa shape index (κ2) is 6.97. The number of nitrogens with zero attached hydrogens (tertiary/aromatic N) is 1. The summed E-state index contributed by atoms with van der Waals surface area (Å²) in [5.41, 5.74) is 7.08. The van der Waals surface area contributed by atoms with Crippen LogP contribution in [-0.4, -0.2) is 30.0 Å². The topological polar surface area (TPSA) is 55.6 Å². The number of carbonyl (C=O) groups excluding carboxylic acids is 1. The zero-order valence-corrected chi connectivity index (χ0v) is 15.5. The Morgan fingerprint density at radius 2 is 2.04 bits per heavy atom. The molecule has 2 aliphatic heterocycles. The van der Waals surface area contributed by atoms with Crippen LogP contribution >= 0.6 is 0 Å². The number of ether oxygens (including phenoxy) is 1. The Kier molecular flexibility index (Phi) is 4.64. The van der Waals surface area contributed by atoms with Crippen molar-refractivity contribution >= 4 is 5.91 Å². The zero-order chi connectivity index (χ0) is 19.0. The summed E-state index contributed by atoms with van der Waals surface area (Å²) >= 11 is 0. The van der Waals surface area contributed by atoms with E-state index in [0.29, 0.717) is 24.3 Å². The van der Waals surface area contributed by atoms with Gasteiger partial charge in [-0.15, -0.1) is 0 Å². The van der Waals surface area contributed by atoms with Gasteiger partial charge in [0.15, 0.2) is 0 Å². The van der Waals surface area contributed by atoms with Crippen molar-refractivity contribution in [2.24, 2.45) is 11.1 Å². The molecule has 4 rings (SSSR count). The van der Waals surface area contributed by atoms with Crippen molar-refractivity contribution in [3.63, 3.8) is 0 Å². The summed E-state index contributed by atoms with van der Waals surface area (Å²) in [6, 6.07) is 15.2. The Labute approximate surface area is 159 Å². The van der Waals surface area contributed by atoms with Crippen LogP contribution in [0.25, 0.3) is 0 Å². The number of primary amides is 1. The lowest BCUT2D eigenvalue weighted by Crippen LogP contribution is -2.48. The Hall–Kier alpha value is -2.40. The second-order valence-electron chi connectivity index (χ2n) is 7.76. The van der Waals surface area contributed by atoms with Crippen molar-refractivity contribution in [3.05, 3.63) is 65.5 Å². The minimum Gasteiger partial charge on any atom is -0.497 e. The van der Waals surface area contributed by atoms with Gasteiger partial charge in [0.25, 0.3) is 0 Å². The molecule has 142 valence electrons. The second-order valence-corrected chi connectivity index (χ2v) is 7.76. The molecule has 27 heavy (non-hydrogen) atoms. The Balaban J connectivity index is 1.62. The monoisotopic (exact) mass is 368 g/mol. The van der Waals surface area contributed by atoms with E-state index < -0.39 is 5.41 Å². The summed E-state index contributed by atoms with van der Waals surface area (Å²) in [7, 11) is 1.58. The van der Waals surface area contributed by atoms with Gasteiger partial charge in [-0.3, -0.25) is 9.69 Å². The smallest absolute Gasteiger partial charge is 0.225 e. The quantitative estimate of drug-likeness (QED) is 0.851. The van der Waals surface area contributed by atoms with Crippen LogP contribution in [0.2, 0.25) is 0 Å². The van der Waals surface area contributed by atoms with Crippen molar-refractivity contribution < 1.29 is 13.9 Å². The summed E-state index contributed by atoms with van der Waals surface area (Å²) in [6.45, 7) is 0.474. The molecule has 1 amide bonds. The van der Waals surface area contributed by atoms with Gasteiger partial charge in [-0.2, -0.15) is 0 Å². The summed E-state index contributed by atoms with van der Waals surface area (Å²) in [6.07, 6.45) is 3.33. The number of halogens is 1. The number of rotatable bonds is 6. The fourth-order valence-electron chi connectivity index (χ4n) is 5.04. The number of benzene rings is 2. The average Bonchev–Trinajstić information content (AvgIpc) is 3.19. The highest BCUT2D eigenvalue weighted by atomic mass is 19.1. The molecule has 0 saturated carbocycles. The SMILES string of the molecule is COc1ccc(F)c(CN2[C@H]3CC[C@@H]2[C@](Cc2ccccc2)(C(N)=O)C3)c1. The molecule has 5 heteroatoms. The van der Waals surface area contributed by atoms with E-state index in [9.17, 15) is 9.18 Å². The molecule has 2 bridgehead atoms. The lowest BCUT2D eigenvalue weighted by molar-refractivity contribution is -0.129. The molecule has 0 aromatic heterocycles. The van der Waals surface area contributed by atoms with Gasteiger partial charge in [-0.25, -0.2) is 4.39 Å². The maximum absolute atomic E-state index is 14.4. The van der Waals surface area contributed by atoms with Crippen molar-refractivity contribution in [3.8, 4) is 5.75 Å². The van der Waals surface area contributed by atoms with E-state index in [-0.39, 0.29) is 23.8 Å². The fourth-order valence-corrected chi connectivity index (χ4v) is 5.04. The largest absolute Gasteiger partial charge is 0.497 e. The van der Waals surface area contributed by atoms with Gasteiger partial charge in [0, 0.05) is 24.2 Å². The summed E-state index contributed by atoms with van der Waals surface area (Å²) in [5, 5.41) is 0. The maximum atomic E-state index is 14.4. The van der Waals surface area contributed by atoms with E-state index in [2.05, 4.69) is 4.90 Å². The molecule has 0 unspecified atom stereocenters. The number of hydrogen-bond donors (Lipinski definition) is 1. The molecule has 2 aromatic carbocycles. The minimum atomic E-state index is -0.584. The molecule has 0 aliphatic carbocycles. The first-order valence-corrected chi connectivity index (χ1v) is 9.45. The van der Waals surface area contributed by atoms with Gasteiger partial charge in [-0.1, -0.05) is 30.3 Å². The number of methoxy groups -OCH3 is 1. The highest BCUT2D eigenvalue weighted by Gasteiger charge is 2.58. The van der Waals surface area contributed by atoms with Crippen LogP contribution in [0.1, 0.15) is 30.4 Å². The van der Waals surface area contributed by atoms with Gasteiger partial charge in [0.2, 0.25) is 5.91 Å². The van der Waals surface area contributed by atoms with Crippen LogP contribution in [0.5, 0.6) is 5.75 Å². The standard InChI is InChI=1S/C22H25FN2O2/c1-27-18-8-9-19(23)16(11-18)14-25-17-7-10-20(25)22(13-17,21(24)26)12-15-5-3-2-4-6-15/h2-6,8-9,11,17,20H,7,10,12-14H2,1H3,(H2,24,26)/t17-,20+,22+/m0/s1. The van der Waals surface area contributed by atoms with E-state index in [1.165, 1.54) is 6.07 Å². The van der Waals surface area contributed by atoms with Gasteiger partial charge in [0.1, 0.15) is 11.6 Å². The molecule has 2 fully saturated rings. The third-order valence-corrected chi connectivity index (χ3v) is 6.34. The molecule has 2 N–H and O–H groups in total. The van der Waals surface area contributed by atoms with Crippen molar-refractivity contribution in [1.29, 1.82) is 0 Å². The number of nitrogens with two attached hydrogens (primary N) is 1. The number of amides is 1. The number of carbonyl (C=O) groups is 1. The van der Waals surface area contributed by atoms with Crippen LogP contribution in [0.3, 0.4) is 0 Å². The van der Waals surface area contributed by atoms with Gasteiger partial charge in [-0.05, 0) is 49.4 Å². The van der Waals surface area contributed by atoms with Gasteiger partial charge >= 0.3 is 0 Å². The zero-order valence-electron chi connectivity index (χ0n) is 15.5. The Morgan fingerprint density at radius 3 is 2.74 bits per heavy atom. The van der Waals surface area contributed by atoms with Crippen molar-refractivity contribution in [2.75, 3.05) is 7.11 Å². The van der Waals surface area contributed by atoms with E-state index in [0.717, 1.165) is 24.8 Å². The van der Waals surface area contributed by atoms with Crippen molar-refractivity contribution in [2.45, 2.75) is 44.3 Å². The fraction of sp³-hybridized carbons (Fsp3) is 0.409. The molecule has 2 heterocycles. The Morgan fingerprint density at radius 1 is 1.26 bits per heavy atom. The van der Waals surface area contributed by atoms with E-state index in [4.69, 9.17) is 10.5 Å². The summed E-state index contributed by atoms with van der Waals surface area (Å²) in [4.78, 5) is 14.9. The third kappa shape index (κ3) is 3.10. The summed E-state index contributed by atoms with van der Waals surface area (Å²) < 4.78 is 19.6. The van der Waals surface area contributed by atoms with Crippen LogP contribution < -0.4 is 10.5 Å². The van der Waals surface area contributed by atoms with Crippen LogP contribution in [0.15, 0.2) is 48.5 Å². The Bertz CT molecular complexity index is 841. The first-order valence-electron chi connectivity index (χ1n) is 9.45. The lowest BCUT2D eigenvalue weighted by Gasteiger charge is -2.35. The molecule has 2 aromatic rings. The summed E-state index contributed by atoms with van der Waals surface area (Å²) in [5.74, 6) is 0.160. The predicted octanol–water partition coefficient (Wildman–Crippen LogP) is 3.29.